The van der Waals surface area contributed by atoms with Gasteiger partial charge >= 0.3 is 0 Å². The summed E-state index contributed by atoms with van der Waals surface area (Å²) in [5.74, 6) is 0.673. The number of nitrogens with one attached hydrogen (secondary N) is 1. The second-order valence-electron chi connectivity index (χ2n) is 6.56. The Bertz CT molecular complexity index is 803. The van der Waals surface area contributed by atoms with E-state index in [0.29, 0.717) is 5.92 Å². The van der Waals surface area contributed by atoms with Crippen LogP contribution < -0.4 is 5.32 Å². The van der Waals surface area contributed by atoms with Crippen molar-refractivity contribution >= 4 is 45.1 Å². The second-order valence-corrected chi connectivity index (χ2v) is 8.61. The molecule has 0 radical (unpaired) electrons. The van der Waals surface area contributed by atoms with Crippen molar-refractivity contribution in [2.24, 2.45) is 5.92 Å². The number of aromatic nitrogens is 2. The molecule has 0 fully saturated rings. The summed E-state index contributed by atoms with van der Waals surface area (Å²) in [7, 11) is 3.34. The first kappa shape index (κ1) is 18.1. The Balaban J connectivity index is 1.70. The van der Waals surface area contributed by atoms with Gasteiger partial charge in [-0.05, 0) is 30.7 Å². The number of amides is 2. The molecule has 1 aliphatic rings. The zero-order valence-electron chi connectivity index (χ0n) is 14.7. The fourth-order valence-electron chi connectivity index (χ4n) is 2.87. The number of carbonyl (C=O) groups is 2. The van der Waals surface area contributed by atoms with Gasteiger partial charge in [0.2, 0.25) is 11.8 Å². The molecule has 1 atom stereocenters. The molecular formula is C17H22N4O2S2. The summed E-state index contributed by atoms with van der Waals surface area (Å²) in [5.41, 5.74) is 1.37. The number of hydrogen-bond donors (Lipinski definition) is 1. The van der Waals surface area contributed by atoms with E-state index in [9.17, 15) is 9.59 Å². The van der Waals surface area contributed by atoms with E-state index in [1.54, 1.807) is 31.8 Å². The van der Waals surface area contributed by atoms with E-state index >= 15 is 0 Å². The summed E-state index contributed by atoms with van der Waals surface area (Å²) in [6.07, 6.45) is 4.92. The van der Waals surface area contributed by atoms with E-state index in [0.717, 1.165) is 28.1 Å². The van der Waals surface area contributed by atoms with E-state index in [-0.39, 0.29) is 24.1 Å². The monoisotopic (exact) mass is 378 g/mol. The van der Waals surface area contributed by atoms with Gasteiger partial charge in [0.25, 0.3) is 0 Å². The highest BCUT2D eigenvalue weighted by molar-refractivity contribution is 8.00. The fourth-order valence-corrected chi connectivity index (χ4v) is 5.14. The molecular weight excluding hydrogens is 356 g/mol. The molecule has 1 aliphatic carbocycles. The Morgan fingerprint density at radius 3 is 2.96 bits per heavy atom. The molecule has 1 N–H and O–H groups in total. The van der Waals surface area contributed by atoms with Crippen molar-refractivity contribution in [2.45, 2.75) is 31.2 Å². The summed E-state index contributed by atoms with van der Waals surface area (Å²) in [6.45, 7) is 2.31. The van der Waals surface area contributed by atoms with Crippen molar-refractivity contribution in [3.63, 3.8) is 0 Å². The first-order valence-corrected chi connectivity index (χ1v) is 10.1. The van der Waals surface area contributed by atoms with Crippen molar-refractivity contribution in [1.29, 1.82) is 0 Å². The average Bonchev–Trinajstić information content (AvgIpc) is 2.95. The molecule has 2 aromatic rings. The SMILES string of the molecule is C[C@H]1CCc2c(sc3ncnc(SCC(=O)NCC(=O)N(C)C)c23)C1. The lowest BCUT2D eigenvalue weighted by Crippen LogP contribution is -2.36. The van der Waals surface area contributed by atoms with Crippen LogP contribution in [0.4, 0.5) is 0 Å². The van der Waals surface area contributed by atoms with Gasteiger partial charge < -0.3 is 10.2 Å². The number of hydrogen-bond acceptors (Lipinski definition) is 6. The molecule has 0 aromatic carbocycles. The van der Waals surface area contributed by atoms with Crippen LogP contribution in [0.25, 0.3) is 10.2 Å². The zero-order chi connectivity index (χ0) is 18.0. The molecule has 0 aliphatic heterocycles. The van der Waals surface area contributed by atoms with Gasteiger partial charge in [-0.1, -0.05) is 18.7 Å². The van der Waals surface area contributed by atoms with E-state index in [1.807, 2.05) is 0 Å². The van der Waals surface area contributed by atoms with Crippen molar-refractivity contribution in [3.05, 3.63) is 16.8 Å². The lowest BCUT2D eigenvalue weighted by atomic mass is 9.89. The molecule has 0 spiro atoms. The molecule has 2 heterocycles. The third-order valence-corrected chi connectivity index (χ3v) is 6.48. The Kier molecular flexibility index (Phi) is 5.58. The van der Waals surface area contributed by atoms with Gasteiger partial charge in [-0.2, -0.15) is 0 Å². The minimum absolute atomic E-state index is 0.0251. The minimum atomic E-state index is -0.162. The predicted molar refractivity (Wildman–Crippen MR) is 101 cm³/mol. The van der Waals surface area contributed by atoms with E-state index in [4.69, 9.17) is 0 Å². The molecule has 25 heavy (non-hydrogen) atoms. The molecule has 0 saturated carbocycles. The summed E-state index contributed by atoms with van der Waals surface area (Å²) < 4.78 is 0. The van der Waals surface area contributed by atoms with Crippen molar-refractivity contribution in [1.82, 2.24) is 20.2 Å². The molecule has 0 saturated heterocycles. The summed E-state index contributed by atoms with van der Waals surface area (Å²) >= 11 is 3.17. The minimum Gasteiger partial charge on any atom is -0.347 e. The van der Waals surface area contributed by atoms with Crippen LogP contribution in [-0.4, -0.2) is 53.1 Å². The summed E-state index contributed by atoms with van der Waals surface area (Å²) in [6, 6.07) is 0. The first-order valence-electron chi connectivity index (χ1n) is 8.30. The van der Waals surface area contributed by atoms with Crippen molar-refractivity contribution in [3.8, 4) is 0 Å². The quantitative estimate of drug-likeness (QED) is 0.637. The zero-order valence-corrected chi connectivity index (χ0v) is 16.3. The number of likely N-dealkylation sites (N-methyl/N-ethyl adjacent to an activating group) is 1. The normalized spacial score (nSPS) is 16.5. The topological polar surface area (TPSA) is 75.2 Å². The van der Waals surface area contributed by atoms with Crippen LogP contribution in [0.5, 0.6) is 0 Å². The predicted octanol–water partition coefficient (Wildman–Crippen LogP) is 2.11. The second kappa shape index (κ2) is 7.70. The number of fused-ring (bicyclic) bond motifs is 3. The molecule has 2 aromatic heterocycles. The lowest BCUT2D eigenvalue weighted by Gasteiger charge is -2.18. The van der Waals surface area contributed by atoms with E-state index < -0.39 is 0 Å². The van der Waals surface area contributed by atoms with Gasteiger partial charge in [0.05, 0.1) is 12.3 Å². The summed E-state index contributed by atoms with van der Waals surface area (Å²) in [4.78, 5) is 36.3. The largest absolute Gasteiger partial charge is 0.347 e. The molecule has 2 amide bonds. The van der Waals surface area contributed by atoms with Crippen LogP contribution >= 0.6 is 23.1 Å². The van der Waals surface area contributed by atoms with Gasteiger partial charge in [0.1, 0.15) is 16.2 Å². The maximum absolute atomic E-state index is 12.0. The number of rotatable bonds is 5. The van der Waals surface area contributed by atoms with E-state index in [2.05, 4.69) is 22.2 Å². The maximum atomic E-state index is 12.0. The van der Waals surface area contributed by atoms with Crippen LogP contribution in [-0.2, 0) is 22.4 Å². The van der Waals surface area contributed by atoms with Gasteiger partial charge in [0.15, 0.2) is 0 Å². The Morgan fingerprint density at radius 2 is 2.20 bits per heavy atom. The molecule has 0 bridgehead atoms. The van der Waals surface area contributed by atoms with Crippen molar-refractivity contribution < 1.29 is 9.59 Å². The fraction of sp³-hybridized carbons (Fsp3) is 0.529. The van der Waals surface area contributed by atoms with Gasteiger partial charge in [0, 0.05) is 24.4 Å². The van der Waals surface area contributed by atoms with Crippen LogP contribution in [0.2, 0.25) is 0 Å². The highest BCUT2D eigenvalue weighted by Gasteiger charge is 2.23. The number of nitrogens with zero attached hydrogens (tertiary/aromatic N) is 3. The maximum Gasteiger partial charge on any atom is 0.241 e. The molecule has 6 nitrogen and oxygen atoms in total. The number of thioether (sulfide) groups is 1. The van der Waals surface area contributed by atoms with Gasteiger partial charge in [-0.25, -0.2) is 9.97 Å². The third-order valence-electron chi connectivity index (χ3n) is 4.33. The molecule has 8 heteroatoms. The Labute approximate surface area is 155 Å². The standard InChI is InChI=1S/C17H22N4O2S2/c1-10-4-5-11-12(6-10)25-17-15(11)16(19-9-20-17)24-8-13(22)18-7-14(23)21(2)3/h9-10H,4-8H2,1-3H3,(H,18,22)/t10-/m0/s1. The van der Waals surface area contributed by atoms with Crippen LogP contribution in [0.3, 0.4) is 0 Å². The van der Waals surface area contributed by atoms with Crippen molar-refractivity contribution in [2.75, 3.05) is 26.4 Å². The first-order chi connectivity index (χ1) is 12.0. The molecule has 3 rings (SSSR count). The smallest absolute Gasteiger partial charge is 0.241 e. The lowest BCUT2D eigenvalue weighted by molar-refractivity contribution is -0.130. The highest BCUT2D eigenvalue weighted by Crippen LogP contribution is 2.40. The van der Waals surface area contributed by atoms with Crippen LogP contribution in [0.15, 0.2) is 11.4 Å². The Morgan fingerprint density at radius 1 is 1.40 bits per heavy atom. The number of thiophene rings is 1. The third kappa shape index (κ3) is 4.12. The van der Waals surface area contributed by atoms with Crippen LogP contribution in [0.1, 0.15) is 23.8 Å². The van der Waals surface area contributed by atoms with Gasteiger partial charge in [-0.15, -0.1) is 11.3 Å². The van der Waals surface area contributed by atoms with E-state index in [1.165, 1.54) is 33.5 Å². The Hall–Kier alpha value is -1.67. The highest BCUT2D eigenvalue weighted by atomic mass is 32.2. The summed E-state index contributed by atoms with van der Waals surface area (Å²) in [5, 5.41) is 4.64. The average molecular weight is 379 g/mol. The number of aryl methyl sites for hydroxylation is 1. The molecule has 0 unspecified atom stereocenters. The molecule has 134 valence electrons. The number of carbonyl (C=O) groups excluding carboxylic acids is 2. The van der Waals surface area contributed by atoms with Crippen LogP contribution in [0, 0.1) is 5.92 Å². The van der Waals surface area contributed by atoms with Gasteiger partial charge in [-0.3, -0.25) is 9.59 Å².